The molecule has 2 amide bonds. The van der Waals surface area contributed by atoms with Crippen molar-refractivity contribution in [2.24, 2.45) is 5.10 Å². The van der Waals surface area contributed by atoms with Crippen LogP contribution in [0.2, 0.25) is 0 Å². The van der Waals surface area contributed by atoms with E-state index < -0.39 is 11.8 Å². The second-order valence-electron chi connectivity index (χ2n) is 6.24. The number of rotatable bonds is 9. The highest BCUT2D eigenvalue weighted by Crippen LogP contribution is 2.36. The van der Waals surface area contributed by atoms with Gasteiger partial charge in [-0.15, -0.1) is 0 Å². The van der Waals surface area contributed by atoms with E-state index in [0.29, 0.717) is 51.8 Å². The first-order valence-corrected chi connectivity index (χ1v) is 10.4. The molecule has 0 radical (unpaired) electrons. The maximum absolute atomic E-state index is 12.2. The van der Waals surface area contributed by atoms with E-state index in [-0.39, 0.29) is 13.3 Å². The number of halogens is 1. The van der Waals surface area contributed by atoms with Crippen LogP contribution in [0.5, 0.6) is 23.0 Å². The molecule has 0 bridgehead atoms. The van der Waals surface area contributed by atoms with Gasteiger partial charge in [0, 0.05) is 5.56 Å². The predicted molar refractivity (Wildman–Crippen MR) is 117 cm³/mol. The SMILES string of the molecule is CCOc1cc(C=NNC(=O)CNC(=O)c2ccc3c(c2)OCO3)cc(Br)c1OCC. The molecule has 1 aliphatic heterocycles. The summed E-state index contributed by atoms with van der Waals surface area (Å²) in [4.78, 5) is 24.2. The molecule has 0 atom stereocenters. The molecule has 9 nitrogen and oxygen atoms in total. The zero-order valence-corrected chi connectivity index (χ0v) is 18.7. The van der Waals surface area contributed by atoms with E-state index in [1.807, 2.05) is 13.8 Å². The van der Waals surface area contributed by atoms with Crippen molar-refractivity contribution >= 4 is 34.0 Å². The van der Waals surface area contributed by atoms with Gasteiger partial charge >= 0.3 is 0 Å². The van der Waals surface area contributed by atoms with Crippen LogP contribution in [-0.4, -0.2) is 44.6 Å². The molecule has 164 valence electrons. The van der Waals surface area contributed by atoms with Gasteiger partial charge in [0.05, 0.1) is 30.4 Å². The molecule has 0 aromatic heterocycles. The van der Waals surface area contributed by atoms with Gasteiger partial charge in [0.2, 0.25) is 6.79 Å². The molecule has 0 saturated carbocycles. The number of hydrogen-bond donors (Lipinski definition) is 2. The zero-order chi connectivity index (χ0) is 22.2. The summed E-state index contributed by atoms with van der Waals surface area (Å²) in [5, 5.41) is 6.46. The minimum absolute atomic E-state index is 0.123. The lowest BCUT2D eigenvalue weighted by Gasteiger charge is -2.13. The Balaban J connectivity index is 1.53. The van der Waals surface area contributed by atoms with Gasteiger partial charge in [-0.3, -0.25) is 9.59 Å². The van der Waals surface area contributed by atoms with Gasteiger partial charge < -0.3 is 24.3 Å². The molecule has 31 heavy (non-hydrogen) atoms. The lowest BCUT2D eigenvalue weighted by molar-refractivity contribution is -0.120. The van der Waals surface area contributed by atoms with Gasteiger partial charge in [-0.25, -0.2) is 5.43 Å². The van der Waals surface area contributed by atoms with Gasteiger partial charge in [-0.1, -0.05) is 0 Å². The van der Waals surface area contributed by atoms with E-state index in [1.54, 1.807) is 30.3 Å². The van der Waals surface area contributed by atoms with E-state index >= 15 is 0 Å². The monoisotopic (exact) mass is 491 g/mol. The van der Waals surface area contributed by atoms with Crippen molar-refractivity contribution in [1.29, 1.82) is 0 Å². The van der Waals surface area contributed by atoms with Crippen molar-refractivity contribution in [2.75, 3.05) is 26.6 Å². The smallest absolute Gasteiger partial charge is 0.259 e. The number of nitrogens with one attached hydrogen (secondary N) is 2. The molecule has 2 N–H and O–H groups in total. The first kappa shape index (κ1) is 22.4. The van der Waals surface area contributed by atoms with Crippen LogP contribution < -0.4 is 29.7 Å². The normalized spacial score (nSPS) is 12.0. The summed E-state index contributed by atoms with van der Waals surface area (Å²) in [5.41, 5.74) is 3.44. The second-order valence-corrected chi connectivity index (χ2v) is 7.09. The van der Waals surface area contributed by atoms with E-state index in [4.69, 9.17) is 18.9 Å². The highest BCUT2D eigenvalue weighted by Gasteiger charge is 2.16. The molecule has 10 heteroatoms. The van der Waals surface area contributed by atoms with Crippen LogP contribution in [0.4, 0.5) is 0 Å². The Morgan fingerprint density at radius 2 is 1.90 bits per heavy atom. The van der Waals surface area contributed by atoms with E-state index in [1.165, 1.54) is 6.21 Å². The lowest BCUT2D eigenvalue weighted by atomic mass is 10.2. The highest BCUT2D eigenvalue weighted by atomic mass is 79.9. The Morgan fingerprint density at radius 3 is 2.68 bits per heavy atom. The van der Waals surface area contributed by atoms with E-state index in [2.05, 4.69) is 31.8 Å². The summed E-state index contributed by atoms with van der Waals surface area (Å²) in [5.74, 6) is 1.38. The minimum Gasteiger partial charge on any atom is -0.490 e. The molecule has 2 aromatic rings. The van der Waals surface area contributed by atoms with Gasteiger partial charge in [0.25, 0.3) is 11.8 Å². The van der Waals surface area contributed by atoms with Crippen LogP contribution in [-0.2, 0) is 4.79 Å². The average molecular weight is 492 g/mol. The highest BCUT2D eigenvalue weighted by molar-refractivity contribution is 9.10. The first-order valence-electron chi connectivity index (χ1n) is 9.60. The number of amides is 2. The Labute approximate surface area is 187 Å². The number of nitrogens with zero attached hydrogens (tertiary/aromatic N) is 1. The fourth-order valence-electron chi connectivity index (χ4n) is 2.73. The van der Waals surface area contributed by atoms with Gasteiger partial charge in [-0.05, 0) is 65.7 Å². The molecule has 0 fully saturated rings. The molecule has 0 saturated heterocycles. The third kappa shape index (κ3) is 5.88. The van der Waals surface area contributed by atoms with Crippen LogP contribution in [0.1, 0.15) is 29.8 Å². The van der Waals surface area contributed by atoms with Gasteiger partial charge in [0.15, 0.2) is 23.0 Å². The minimum atomic E-state index is -0.472. The number of hydrogen-bond acceptors (Lipinski definition) is 7. The van der Waals surface area contributed by atoms with Crippen LogP contribution in [0, 0.1) is 0 Å². The van der Waals surface area contributed by atoms with E-state index in [9.17, 15) is 9.59 Å². The van der Waals surface area contributed by atoms with Gasteiger partial charge in [0.1, 0.15) is 0 Å². The lowest BCUT2D eigenvalue weighted by Crippen LogP contribution is -2.34. The van der Waals surface area contributed by atoms with Crippen molar-refractivity contribution in [1.82, 2.24) is 10.7 Å². The summed E-state index contributed by atoms with van der Waals surface area (Å²) < 4.78 is 22.4. The summed E-state index contributed by atoms with van der Waals surface area (Å²) in [6.45, 7) is 4.63. The summed E-state index contributed by atoms with van der Waals surface area (Å²) >= 11 is 3.45. The van der Waals surface area contributed by atoms with Crippen LogP contribution >= 0.6 is 15.9 Å². The Hall–Kier alpha value is -3.27. The van der Waals surface area contributed by atoms with Crippen molar-refractivity contribution in [2.45, 2.75) is 13.8 Å². The van der Waals surface area contributed by atoms with Crippen molar-refractivity contribution in [3.63, 3.8) is 0 Å². The third-order valence-electron chi connectivity index (χ3n) is 4.07. The molecule has 0 spiro atoms. The van der Waals surface area contributed by atoms with Crippen molar-refractivity contribution < 1.29 is 28.5 Å². The molecular weight excluding hydrogens is 470 g/mol. The van der Waals surface area contributed by atoms with Crippen molar-refractivity contribution in [3.8, 4) is 23.0 Å². The molecule has 3 rings (SSSR count). The standard InChI is InChI=1S/C21H22BrN3O6/c1-3-28-18-8-13(7-15(22)20(18)29-4-2)10-24-25-19(26)11-23-21(27)14-5-6-16-17(9-14)31-12-30-16/h5-10H,3-4,11-12H2,1-2H3,(H,23,27)(H,25,26). The predicted octanol–water partition coefficient (Wildman–Crippen LogP) is 2.86. The van der Waals surface area contributed by atoms with E-state index in [0.717, 1.165) is 0 Å². The third-order valence-corrected chi connectivity index (χ3v) is 4.66. The summed E-state index contributed by atoms with van der Waals surface area (Å²) in [7, 11) is 0. The topological polar surface area (TPSA) is 107 Å². The van der Waals surface area contributed by atoms with Crippen LogP contribution in [0.3, 0.4) is 0 Å². The quantitative estimate of drug-likeness (QED) is 0.412. The molecule has 1 aliphatic rings. The molecule has 0 unspecified atom stereocenters. The van der Waals surface area contributed by atoms with Crippen LogP contribution in [0.25, 0.3) is 0 Å². The fourth-order valence-corrected chi connectivity index (χ4v) is 3.30. The van der Waals surface area contributed by atoms with Gasteiger partial charge in [-0.2, -0.15) is 5.10 Å². The Bertz CT molecular complexity index is 995. The first-order chi connectivity index (χ1) is 15.0. The second kappa shape index (κ2) is 10.7. The summed E-state index contributed by atoms with van der Waals surface area (Å²) in [6.07, 6.45) is 1.47. The van der Waals surface area contributed by atoms with Crippen molar-refractivity contribution in [3.05, 3.63) is 45.9 Å². The Morgan fingerprint density at radius 1 is 1.13 bits per heavy atom. The largest absolute Gasteiger partial charge is 0.490 e. The molecule has 1 heterocycles. The molecule has 2 aromatic carbocycles. The number of fused-ring (bicyclic) bond motifs is 1. The number of benzene rings is 2. The average Bonchev–Trinajstić information content (AvgIpc) is 3.22. The molecule has 0 aliphatic carbocycles. The Kier molecular flexibility index (Phi) is 7.71. The number of carbonyl (C=O) groups excluding carboxylic acids is 2. The molecular formula is C21H22BrN3O6. The number of ether oxygens (including phenoxy) is 4. The number of carbonyl (C=O) groups is 2. The number of hydrazone groups is 1. The van der Waals surface area contributed by atoms with Crippen LogP contribution in [0.15, 0.2) is 39.9 Å². The summed E-state index contributed by atoms with van der Waals surface area (Å²) in [6, 6.07) is 8.36. The fraction of sp³-hybridized carbons (Fsp3) is 0.286. The maximum Gasteiger partial charge on any atom is 0.259 e. The maximum atomic E-state index is 12.2. The zero-order valence-electron chi connectivity index (χ0n) is 17.1.